The van der Waals surface area contributed by atoms with Gasteiger partial charge in [0.1, 0.15) is 17.5 Å². The third kappa shape index (κ3) is 7.12. The molecule has 0 unspecified atom stereocenters. The number of anilines is 3. The second-order valence-corrected chi connectivity index (χ2v) is 12.3. The molecule has 40 heavy (non-hydrogen) atoms. The summed E-state index contributed by atoms with van der Waals surface area (Å²) >= 11 is 0. The number of nitrogens with zero attached hydrogens (tertiary/aromatic N) is 3. The standard InChI is InChI=1S/C27H27N5O6S2/c1-19-17-18-28-27(29-19)31-40(36,37)25-15-9-21(10-16-25)30-26(33)20(2)32(39(3,34)35)22-11-13-24(14-12-22)38-23-7-5-4-6-8-23/h4-18,20H,1-3H3,(H,30,33)(H,28,29,31)/t20-/m0/s1. The van der Waals surface area contributed by atoms with Gasteiger partial charge >= 0.3 is 0 Å². The van der Waals surface area contributed by atoms with Crippen LogP contribution in [0.1, 0.15) is 12.6 Å². The third-order valence-electron chi connectivity index (χ3n) is 5.61. The van der Waals surface area contributed by atoms with Crippen molar-refractivity contribution in [1.82, 2.24) is 9.97 Å². The van der Waals surface area contributed by atoms with Gasteiger partial charge in [-0.05, 0) is 80.6 Å². The second-order valence-electron chi connectivity index (χ2n) is 8.78. The minimum Gasteiger partial charge on any atom is -0.457 e. The highest BCUT2D eigenvalue weighted by Gasteiger charge is 2.29. The first-order valence-corrected chi connectivity index (χ1v) is 15.3. The summed E-state index contributed by atoms with van der Waals surface area (Å²) in [6, 6.07) is 21.3. The highest BCUT2D eigenvalue weighted by Crippen LogP contribution is 2.27. The number of nitrogens with one attached hydrogen (secondary N) is 2. The van der Waals surface area contributed by atoms with Crippen LogP contribution >= 0.6 is 0 Å². The molecule has 2 N–H and O–H groups in total. The summed E-state index contributed by atoms with van der Waals surface area (Å²) in [6.45, 7) is 3.16. The summed E-state index contributed by atoms with van der Waals surface area (Å²) in [7, 11) is -7.82. The summed E-state index contributed by atoms with van der Waals surface area (Å²) in [5.74, 6) is 0.448. The summed E-state index contributed by atoms with van der Waals surface area (Å²) in [5, 5.41) is 2.63. The van der Waals surface area contributed by atoms with E-state index >= 15 is 0 Å². The first-order chi connectivity index (χ1) is 18.9. The van der Waals surface area contributed by atoms with Crippen molar-refractivity contribution in [3.8, 4) is 11.5 Å². The normalized spacial score (nSPS) is 12.3. The molecule has 13 heteroatoms. The van der Waals surface area contributed by atoms with Crippen LogP contribution in [0, 0.1) is 6.92 Å². The Morgan fingerprint density at radius 2 is 1.50 bits per heavy atom. The largest absolute Gasteiger partial charge is 0.457 e. The number of rotatable bonds is 10. The Bertz CT molecular complexity index is 1700. The molecule has 1 heterocycles. The molecule has 4 aromatic rings. The van der Waals surface area contributed by atoms with Gasteiger partial charge in [0.15, 0.2) is 0 Å². The van der Waals surface area contributed by atoms with Crippen molar-refractivity contribution >= 4 is 43.3 Å². The molecule has 0 bridgehead atoms. The highest BCUT2D eigenvalue weighted by atomic mass is 32.2. The molecule has 208 valence electrons. The Morgan fingerprint density at radius 3 is 2.10 bits per heavy atom. The number of amides is 1. The molecule has 4 rings (SSSR count). The fourth-order valence-electron chi connectivity index (χ4n) is 3.74. The van der Waals surface area contributed by atoms with E-state index < -0.39 is 32.0 Å². The minimum atomic E-state index is -3.97. The van der Waals surface area contributed by atoms with Crippen LogP contribution in [0.2, 0.25) is 0 Å². The highest BCUT2D eigenvalue weighted by molar-refractivity contribution is 7.92. The topological polar surface area (TPSA) is 148 Å². The van der Waals surface area contributed by atoms with Crippen LogP contribution < -0.4 is 19.1 Å². The van der Waals surface area contributed by atoms with Crippen molar-refractivity contribution in [2.75, 3.05) is 20.6 Å². The van der Waals surface area contributed by atoms with Crippen LogP contribution in [0.3, 0.4) is 0 Å². The van der Waals surface area contributed by atoms with Gasteiger partial charge in [0.25, 0.3) is 10.0 Å². The lowest BCUT2D eigenvalue weighted by molar-refractivity contribution is -0.116. The van der Waals surface area contributed by atoms with Gasteiger partial charge in [0.2, 0.25) is 21.9 Å². The Kier molecular flexibility index (Phi) is 8.35. The van der Waals surface area contributed by atoms with E-state index in [1.165, 1.54) is 37.4 Å². The summed E-state index contributed by atoms with van der Waals surface area (Å²) in [5.41, 5.74) is 1.15. The van der Waals surface area contributed by atoms with E-state index in [0.717, 1.165) is 10.6 Å². The number of aryl methyl sites for hydroxylation is 1. The van der Waals surface area contributed by atoms with Crippen molar-refractivity contribution in [1.29, 1.82) is 0 Å². The molecule has 0 saturated heterocycles. The lowest BCUT2D eigenvalue weighted by Crippen LogP contribution is -2.45. The molecule has 0 saturated carbocycles. The monoisotopic (exact) mass is 581 g/mol. The van der Waals surface area contributed by atoms with E-state index in [9.17, 15) is 21.6 Å². The van der Waals surface area contributed by atoms with Gasteiger partial charge in [-0.1, -0.05) is 18.2 Å². The molecule has 0 aliphatic rings. The molecule has 3 aromatic carbocycles. The number of hydrogen-bond donors (Lipinski definition) is 2. The first kappa shape index (κ1) is 28.5. The van der Waals surface area contributed by atoms with Gasteiger partial charge in [-0.15, -0.1) is 0 Å². The average Bonchev–Trinajstić information content (AvgIpc) is 2.89. The number of carbonyl (C=O) groups excluding carboxylic acids is 1. The van der Waals surface area contributed by atoms with Gasteiger partial charge in [-0.2, -0.15) is 0 Å². The van der Waals surface area contributed by atoms with Crippen molar-refractivity contribution in [3.05, 3.63) is 96.8 Å². The lowest BCUT2D eigenvalue weighted by Gasteiger charge is -2.28. The molecule has 0 radical (unpaired) electrons. The zero-order valence-corrected chi connectivity index (χ0v) is 23.5. The zero-order valence-electron chi connectivity index (χ0n) is 21.8. The number of carbonyl (C=O) groups is 1. The molecule has 0 spiro atoms. The van der Waals surface area contributed by atoms with Crippen molar-refractivity contribution < 1.29 is 26.4 Å². The predicted octanol–water partition coefficient (Wildman–Crippen LogP) is 4.17. The average molecular weight is 582 g/mol. The second kappa shape index (κ2) is 11.7. The Morgan fingerprint density at radius 1 is 0.875 bits per heavy atom. The fraction of sp³-hybridized carbons (Fsp3) is 0.148. The van der Waals surface area contributed by atoms with E-state index in [2.05, 4.69) is 20.0 Å². The van der Waals surface area contributed by atoms with Gasteiger partial charge in [0.05, 0.1) is 16.8 Å². The molecule has 0 aliphatic heterocycles. The van der Waals surface area contributed by atoms with E-state index in [-0.39, 0.29) is 22.2 Å². The Labute approximate surface area is 233 Å². The van der Waals surface area contributed by atoms with Crippen LogP contribution in [-0.4, -0.2) is 45.0 Å². The van der Waals surface area contributed by atoms with Gasteiger partial charge in [0, 0.05) is 17.6 Å². The quantitative estimate of drug-likeness (QED) is 0.284. The summed E-state index contributed by atoms with van der Waals surface area (Å²) < 4.78 is 59.7. The maximum atomic E-state index is 13.0. The van der Waals surface area contributed by atoms with Crippen LogP contribution in [0.15, 0.2) is 96.0 Å². The van der Waals surface area contributed by atoms with E-state index in [1.807, 2.05) is 18.2 Å². The minimum absolute atomic E-state index is 0.0632. The number of para-hydroxylation sites is 1. The van der Waals surface area contributed by atoms with Gasteiger partial charge < -0.3 is 10.1 Å². The number of ether oxygens (including phenoxy) is 1. The molecule has 1 atom stereocenters. The van der Waals surface area contributed by atoms with Crippen molar-refractivity contribution in [2.24, 2.45) is 0 Å². The number of sulfonamides is 2. The van der Waals surface area contributed by atoms with Gasteiger partial charge in [-0.25, -0.2) is 31.5 Å². The number of benzene rings is 3. The predicted molar refractivity (Wildman–Crippen MR) is 152 cm³/mol. The molecule has 0 aliphatic carbocycles. The molecular formula is C27H27N5O6S2. The van der Waals surface area contributed by atoms with Crippen LogP contribution in [-0.2, 0) is 24.8 Å². The molecule has 1 amide bonds. The van der Waals surface area contributed by atoms with Crippen LogP contribution in [0.25, 0.3) is 0 Å². The van der Waals surface area contributed by atoms with E-state index in [1.54, 1.807) is 49.4 Å². The SMILES string of the molecule is Cc1ccnc(NS(=O)(=O)c2ccc(NC(=O)[C@H](C)N(c3ccc(Oc4ccccc4)cc3)S(C)(=O)=O)cc2)n1. The Hall–Kier alpha value is -4.49. The van der Waals surface area contributed by atoms with Crippen molar-refractivity contribution in [2.45, 2.75) is 24.8 Å². The lowest BCUT2D eigenvalue weighted by atomic mass is 10.2. The van der Waals surface area contributed by atoms with Gasteiger partial charge in [-0.3, -0.25) is 9.10 Å². The first-order valence-electron chi connectivity index (χ1n) is 12.0. The maximum absolute atomic E-state index is 13.0. The summed E-state index contributed by atoms with van der Waals surface area (Å²) in [6.07, 6.45) is 2.45. The Balaban J connectivity index is 1.46. The third-order valence-corrected chi connectivity index (χ3v) is 8.20. The number of hydrogen-bond acceptors (Lipinski definition) is 8. The summed E-state index contributed by atoms with van der Waals surface area (Å²) in [4.78, 5) is 20.9. The van der Waals surface area contributed by atoms with Crippen LogP contribution in [0.5, 0.6) is 11.5 Å². The van der Waals surface area contributed by atoms with E-state index in [4.69, 9.17) is 4.74 Å². The molecular weight excluding hydrogens is 554 g/mol. The number of aromatic nitrogens is 2. The van der Waals surface area contributed by atoms with Crippen LogP contribution in [0.4, 0.5) is 17.3 Å². The molecule has 1 aromatic heterocycles. The van der Waals surface area contributed by atoms with E-state index in [0.29, 0.717) is 17.2 Å². The van der Waals surface area contributed by atoms with Crippen molar-refractivity contribution in [3.63, 3.8) is 0 Å². The molecule has 0 fully saturated rings. The fourth-order valence-corrected chi connectivity index (χ4v) is 5.86. The zero-order chi connectivity index (χ0) is 28.9. The maximum Gasteiger partial charge on any atom is 0.264 e. The molecule has 11 nitrogen and oxygen atoms in total. The smallest absolute Gasteiger partial charge is 0.264 e.